The summed E-state index contributed by atoms with van der Waals surface area (Å²) in [6.45, 7) is 1.46. The van der Waals surface area contributed by atoms with Crippen LogP contribution in [0.25, 0.3) is 0 Å². The van der Waals surface area contributed by atoms with Crippen LogP contribution in [0.4, 0.5) is 0 Å². The number of likely N-dealkylation sites (tertiary alicyclic amines) is 1. The maximum atomic E-state index is 12.3. The first-order valence-electron chi connectivity index (χ1n) is 7.88. The van der Waals surface area contributed by atoms with Crippen molar-refractivity contribution in [3.63, 3.8) is 0 Å². The highest BCUT2D eigenvalue weighted by Crippen LogP contribution is 2.40. The highest BCUT2D eigenvalue weighted by Gasteiger charge is 2.44. The Labute approximate surface area is 140 Å². The zero-order valence-electron chi connectivity index (χ0n) is 12.9. The second-order valence-corrected chi connectivity index (χ2v) is 7.70. The van der Waals surface area contributed by atoms with Crippen molar-refractivity contribution >= 4 is 21.8 Å². The number of nitrogens with zero attached hydrogens (tertiary/aromatic N) is 1. The fourth-order valence-corrected chi connectivity index (χ4v) is 3.78. The van der Waals surface area contributed by atoms with Gasteiger partial charge in [0.2, 0.25) is 5.91 Å². The fraction of sp³-hybridized carbons (Fsp3) is 0.588. The van der Waals surface area contributed by atoms with E-state index in [4.69, 9.17) is 0 Å². The molecule has 0 aromatic heterocycles. The summed E-state index contributed by atoms with van der Waals surface area (Å²) in [5, 5.41) is 13.2. The normalized spacial score (nSPS) is 26.9. The number of β-amino-alcohol motifs (C(OH)–C–C–N with tert-alkyl or cyclic N) is 1. The molecule has 1 aromatic carbocycles. The van der Waals surface area contributed by atoms with Crippen molar-refractivity contribution in [1.82, 2.24) is 10.2 Å². The van der Waals surface area contributed by atoms with Crippen LogP contribution in [-0.4, -0.2) is 47.7 Å². The summed E-state index contributed by atoms with van der Waals surface area (Å²) >= 11 is 3.58. The van der Waals surface area contributed by atoms with Crippen LogP contribution in [0, 0.1) is 5.92 Å². The van der Waals surface area contributed by atoms with E-state index < -0.39 is 0 Å². The Morgan fingerprint density at radius 2 is 2.14 bits per heavy atom. The first-order valence-corrected chi connectivity index (χ1v) is 8.68. The number of halogens is 1. The number of rotatable bonds is 5. The highest BCUT2D eigenvalue weighted by atomic mass is 79.9. The van der Waals surface area contributed by atoms with Gasteiger partial charge in [-0.05, 0) is 37.9 Å². The molecule has 0 radical (unpaired) electrons. The van der Waals surface area contributed by atoms with E-state index in [1.807, 2.05) is 25.2 Å². The Bertz CT molecular complexity index is 559. The predicted molar refractivity (Wildman–Crippen MR) is 89.6 cm³/mol. The van der Waals surface area contributed by atoms with E-state index in [2.05, 4.69) is 32.2 Å². The lowest BCUT2D eigenvalue weighted by Crippen LogP contribution is -2.40. The van der Waals surface area contributed by atoms with Crippen molar-refractivity contribution in [2.24, 2.45) is 5.92 Å². The van der Waals surface area contributed by atoms with E-state index in [9.17, 15) is 9.90 Å². The maximum absolute atomic E-state index is 12.3. The van der Waals surface area contributed by atoms with E-state index in [0.717, 1.165) is 30.3 Å². The van der Waals surface area contributed by atoms with Gasteiger partial charge in [0.05, 0.1) is 6.10 Å². The summed E-state index contributed by atoms with van der Waals surface area (Å²) in [6, 6.07) is 8.18. The SMILES string of the molecule is CN1C[C@@H](CC(=O)NC2(Cc3ccccc3Br)CC2)[C@H](O)C1. The molecule has 1 saturated heterocycles. The summed E-state index contributed by atoms with van der Waals surface area (Å²) in [6.07, 6.45) is 2.98. The van der Waals surface area contributed by atoms with Crippen LogP contribution >= 0.6 is 15.9 Å². The van der Waals surface area contributed by atoms with Gasteiger partial charge in [-0.25, -0.2) is 0 Å². The number of likely N-dealkylation sites (N-methyl/N-ethyl adjacent to an activating group) is 1. The van der Waals surface area contributed by atoms with Crippen LogP contribution in [0.5, 0.6) is 0 Å². The zero-order chi connectivity index (χ0) is 15.7. The van der Waals surface area contributed by atoms with Gasteiger partial charge < -0.3 is 15.3 Å². The minimum atomic E-state index is -0.380. The van der Waals surface area contributed by atoms with Gasteiger partial charge in [-0.2, -0.15) is 0 Å². The van der Waals surface area contributed by atoms with Gasteiger partial charge in [0.15, 0.2) is 0 Å². The van der Waals surface area contributed by atoms with Crippen molar-refractivity contribution < 1.29 is 9.90 Å². The Morgan fingerprint density at radius 1 is 1.41 bits per heavy atom. The van der Waals surface area contributed by atoms with Gasteiger partial charge in [-0.15, -0.1) is 0 Å². The summed E-state index contributed by atoms with van der Waals surface area (Å²) in [5.41, 5.74) is 1.16. The molecule has 2 N–H and O–H groups in total. The highest BCUT2D eigenvalue weighted by molar-refractivity contribution is 9.10. The lowest BCUT2D eigenvalue weighted by atomic mass is 10.00. The molecule has 1 heterocycles. The smallest absolute Gasteiger partial charge is 0.220 e. The molecule has 1 aliphatic carbocycles. The molecule has 4 nitrogen and oxygen atoms in total. The van der Waals surface area contributed by atoms with E-state index in [0.29, 0.717) is 13.0 Å². The van der Waals surface area contributed by atoms with Crippen molar-refractivity contribution in [3.05, 3.63) is 34.3 Å². The molecule has 1 aliphatic heterocycles. The molecule has 2 fully saturated rings. The van der Waals surface area contributed by atoms with Crippen LogP contribution in [0.3, 0.4) is 0 Å². The second-order valence-electron chi connectivity index (χ2n) is 6.85. The number of nitrogens with one attached hydrogen (secondary N) is 1. The number of carbonyl (C=O) groups excluding carboxylic acids is 1. The fourth-order valence-electron chi connectivity index (χ4n) is 3.35. The maximum Gasteiger partial charge on any atom is 0.220 e. The number of amides is 1. The molecule has 0 bridgehead atoms. The Morgan fingerprint density at radius 3 is 2.73 bits per heavy atom. The minimum absolute atomic E-state index is 0.0595. The minimum Gasteiger partial charge on any atom is -0.391 e. The third kappa shape index (κ3) is 3.70. The van der Waals surface area contributed by atoms with E-state index in [-0.39, 0.29) is 23.5 Å². The molecule has 5 heteroatoms. The molecule has 1 aromatic rings. The Hall–Kier alpha value is -0.910. The lowest BCUT2D eigenvalue weighted by molar-refractivity contribution is -0.123. The Kier molecular flexibility index (Phi) is 4.57. The average molecular weight is 367 g/mol. The third-order valence-corrected chi connectivity index (χ3v) is 5.56. The molecule has 1 saturated carbocycles. The van der Waals surface area contributed by atoms with Gasteiger partial charge in [-0.3, -0.25) is 4.79 Å². The van der Waals surface area contributed by atoms with Crippen molar-refractivity contribution in [3.8, 4) is 0 Å². The van der Waals surface area contributed by atoms with Crippen LogP contribution < -0.4 is 5.32 Å². The topological polar surface area (TPSA) is 52.6 Å². The standard InChI is InChI=1S/C17H23BrN2O2/c1-20-10-13(15(21)11-20)8-16(22)19-17(6-7-17)9-12-4-2-3-5-14(12)18/h2-5,13,15,21H,6-11H2,1H3,(H,19,22)/t13-,15-/m1/s1. The van der Waals surface area contributed by atoms with Crippen molar-refractivity contribution in [1.29, 1.82) is 0 Å². The molecular weight excluding hydrogens is 344 g/mol. The molecule has 2 aliphatic rings. The van der Waals surface area contributed by atoms with E-state index in [1.54, 1.807) is 0 Å². The quantitative estimate of drug-likeness (QED) is 0.837. The molecule has 2 atom stereocenters. The number of carbonyl (C=O) groups is 1. The second kappa shape index (κ2) is 6.30. The summed E-state index contributed by atoms with van der Waals surface area (Å²) in [5.74, 6) is 0.133. The molecule has 0 unspecified atom stereocenters. The van der Waals surface area contributed by atoms with E-state index >= 15 is 0 Å². The molecule has 22 heavy (non-hydrogen) atoms. The molecular formula is C17H23BrN2O2. The molecule has 0 spiro atoms. The largest absolute Gasteiger partial charge is 0.391 e. The monoisotopic (exact) mass is 366 g/mol. The average Bonchev–Trinajstić information content (AvgIpc) is 3.12. The number of hydrogen-bond donors (Lipinski definition) is 2. The van der Waals surface area contributed by atoms with Crippen LogP contribution in [-0.2, 0) is 11.2 Å². The zero-order valence-corrected chi connectivity index (χ0v) is 14.5. The van der Waals surface area contributed by atoms with Crippen LogP contribution in [0.15, 0.2) is 28.7 Å². The molecule has 3 rings (SSSR count). The van der Waals surface area contributed by atoms with Crippen LogP contribution in [0.1, 0.15) is 24.8 Å². The third-order valence-electron chi connectivity index (χ3n) is 4.78. The van der Waals surface area contributed by atoms with Gasteiger partial charge in [0.25, 0.3) is 0 Å². The summed E-state index contributed by atoms with van der Waals surface area (Å²) < 4.78 is 1.10. The van der Waals surface area contributed by atoms with Gasteiger partial charge >= 0.3 is 0 Å². The first kappa shape index (κ1) is 16.0. The predicted octanol–water partition coefficient (Wildman–Crippen LogP) is 1.95. The summed E-state index contributed by atoms with van der Waals surface area (Å²) in [4.78, 5) is 14.4. The number of aliphatic hydroxyl groups is 1. The molecule has 120 valence electrons. The lowest BCUT2D eigenvalue weighted by Gasteiger charge is -2.20. The summed E-state index contributed by atoms with van der Waals surface area (Å²) in [7, 11) is 1.98. The van der Waals surface area contributed by atoms with Gasteiger partial charge in [0, 0.05) is 35.4 Å². The molecule has 1 amide bonds. The van der Waals surface area contributed by atoms with E-state index in [1.165, 1.54) is 5.56 Å². The Balaban J connectivity index is 1.56. The van der Waals surface area contributed by atoms with Gasteiger partial charge in [0.1, 0.15) is 0 Å². The first-order chi connectivity index (χ1) is 10.5. The van der Waals surface area contributed by atoms with Gasteiger partial charge in [-0.1, -0.05) is 34.1 Å². The van der Waals surface area contributed by atoms with Crippen molar-refractivity contribution in [2.75, 3.05) is 20.1 Å². The number of hydrogen-bond acceptors (Lipinski definition) is 3. The van der Waals surface area contributed by atoms with Crippen molar-refractivity contribution in [2.45, 2.75) is 37.3 Å². The van der Waals surface area contributed by atoms with Crippen LogP contribution in [0.2, 0.25) is 0 Å². The number of benzene rings is 1. The number of aliphatic hydroxyl groups excluding tert-OH is 1.